The van der Waals surface area contributed by atoms with Crippen LogP contribution in [0, 0.1) is 11.3 Å². The molecule has 7 heteroatoms. The molecule has 150 valence electrons. The average molecular weight is 426 g/mol. The van der Waals surface area contributed by atoms with Crippen molar-refractivity contribution in [2.24, 2.45) is 0 Å². The summed E-state index contributed by atoms with van der Waals surface area (Å²) in [5.74, 6) is 0. The molecule has 0 saturated carbocycles. The number of hydrogen-bond acceptors (Lipinski definition) is 7. The van der Waals surface area contributed by atoms with E-state index in [1.807, 2.05) is 26.2 Å². The van der Waals surface area contributed by atoms with Crippen molar-refractivity contribution in [1.29, 1.82) is 5.26 Å². The number of nitrogens with one attached hydrogen (secondary N) is 1. The van der Waals surface area contributed by atoms with E-state index in [4.69, 9.17) is 5.11 Å². The molecule has 1 unspecified atom stereocenters. The third-order valence-corrected chi connectivity index (χ3v) is 6.17. The van der Waals surface area contributed by atoms with E-state index in [2.05, 4.69) is 58.2 Å². The highest BCUT2D eigenvalue weighted by Gasteiger charge is 2.07. The Morgan fingerprint density at radius 3 is 2.69 bits per heavy atom. The summed E-state index contributed by atoms with van der Waals surface area (Å²) in [5, 5.41) is 29.9. The zero-order valence-corrected chi connectivity index (χ0v) is 17.9. The lowest BCUT2D eigenvalue weighted by Gasteiger charge is -2.13. The van der Waals surface area contributed by atoms with Gasteiger partial charge in [-0.25, -0.2) is 0 Å². The lowest BCUT2D eigenvalue weighted by molar-refractivity contribution is 0.0994. The van der Waals surface area contributed by atoms with Gasteiger partial charge in [0.15, 0.2) is 0 Å². The Hall–Kier alpha value is -2.34. The van der Waals surface area contributed by atoms with Crippen LogP contribution < -0.4 is 9.62 Å². The zero-order valence-electron chi connectivity index (χ0n) is 16.3. The van der Waals surface area contributed by atoms with E-state index in [0.29, 0.717) is 4.91 Å². The van der Waals surface area contributed by atoms with Gasteiger partial charge in [-0.15, -0.1) is 11.3 Å². The molecule has 0 bridgehead atoms. The molecule has 0 saturated heterocycles. The molecule has 3 rings (SSSR count). The van der Waals surface area contributed by atoms with Gasteiger partial charge in [-0.3, -0.25) is 4.72 Å². The molecule has 2 aromatic carbocycles. The first kappa shape index (κ1) is 21.4. The number of nitrogens with zero attached hydrogens (tertiary/aromatic N) is 2. The second-order valence-electron chi connectivity index (χ2n) is 6.75. The highest BCUT2D eigenvalue weighted by Crippen LogP contribution is 2.33. The van der Waals surface area contributed by atoms with Gasteiger partial charge < -0.3 is 15.1 Å². The van der Waals surface area contributed by atoms with Crippen molar-refractivity contribution < 1.29 is 10.2 Å². The number of fused-ring (bicyclic) bond motifs is 1. The van der Waals surface area contributed by atoms with Crippen molar-refractivity contribution in [3.63, 3.8) is 0 Å². The minimum absolute atomic E-state index is 0.211. The van der Waals surface area contributed by atoms with Gasteiger partial charge in [-0.2, -0.15) is 5.26 Å². The van der Waals surface area contributed by atoms with Gasteiger partial charge in [-0.1, -0.05) is 18.2 Å². The number of hydrogen-bond donors (Lipinski definition) is 3. The lowest BCUT2D eigenvalue weighted by Crippen LogP contribution is -2.25. The van der Waals surface area contributed by atoms with Crippen LogP contribution in [0.3, 0.4) is 0 Å². The van der Waals surface area contributed by atoms with Crippen LogP contribution in [0.25, 0.3) is 27.3 Å². The van der Waals surface area contributed by atoms with E-state index in [9.17, 15) is 10.4 Å². The minimum Gasteiger partial charge on any atom is -0.394 e. The molecule has 1 heterocycles. The summed E-state index contributed by atoms with van der Waals surface area (Å²) >= 11 is 2.78. The van der Waals surface area contributed by atoms with E-state index >= 15 is 0 Å². The second kappa shape index (κ2) is 9.92. The SMILES string of the molecule is CN(C)c1ccc2cc(-c3ccc(/C=C(\C#N)SNCC(O)CO)s3)ccc2c1. The van der Waals surface area contributed by atoms with Gasteiger partial charge in [0.25, 0.3) is 0 Å². The minimum atomic E-state index is -0.836. The molecule has 0 radical (unpaired) electrons. The monoisotopic (exact) mass is 425 g/mol. The van der Waals surface area contributed by atoms with Crippen LogP contribution in [0.5, 0.6) is 0 Å². The number of benzene rings is 2. The largest absolute Gasteiger partial charge is 0.394 e. The highest BCUT2D eigenvalue weighted by atomic mass is 32.2. The van der Waals surface area contributed by atoms with Crippen molar-refractivity contribution >= 4 is 45.8 Å². The quantitative estimate of drug-likeness (QED) is 0.373. The lowest BCUT2D eigenvalue weighted by atomic mass is 10.1. The zero-order chi connectivity index (χ0) is 20.8. The molecular formula is C22H23N3O2S2. The third kappa shape index (κ3) is 5.60. The van der Waals surface area contributed by atoms with Crippen LogP contribution in [0.1, 0.15) is 4.88 Å². The highest BCUT2D eigenvalue weighted by molar-refractivity contribution is 8.01. The summed E-state index contributed by atoms with van der Waals surface area (Å²) in [7, 11) is 4.07. The molecule has 3 aromatic rings. The normalized spacial score (nSPS) is 12.7. The van der Waals surface area contributed by atoms with Crippen molar-refractivity contribution in [3.05, 3.63) is 58.3 Å². The van der Waals surface area contributed by atoms with Crippen LogP contribution in [0.4, 0.5) is 5.69 Å². The van der Waals surface area contributed by atoms with Crippen LogP contribution in [0.15, 0.2) is 53.4 Å². The molecule has 0 spiro atoms. The molecule has 1 aromatic heterocycles. The van der Waals surface area contributed by atoms with Crippen molar-refractivity contribution in [2.45, 2.75) is 6.10 Å². The Kier molecular flexibility index (Phi) is 7.31. The Morgan fingerprint density at radius 1 is 1.21 bits per heavy atom. The molecule has 0 aliphatic rings. The van der Waals surface area contributed by atoms with Gasteiger partial charge in [-0.05, 0) is 64.7 Å². The fourth-order valence-electron chi connectivity index (χ4n) is 2.74. The van der Waals surface area contributed by atoms with E-state index < -0.39 is 6.10 Å². The summed E-state index contributed by atoms with van der Waals surface area (Å²) in [5.41, 5.74) is 2.32. The number of aliphatic hydroxyl groups is 2. The molecule has 0 aliphatic heterocycles. The summed E-state index contributed by atoms with van der Waals surface area (Å²) in [6.07, 6.45) is 0.985. The molecule has 29 heavy (non-hydrogen) atoms. The Balaban J connectivity index is 1.76. The van der Waals surface area contributed by atoms with Crippen LogP contribution >= 0.6 is 23.3 Å². The van der Waals surface area contributed by atoms with E-state index in [0.717, 1.165) is 27.3 Å². The fourth-order valence-corrected chi connectivity index (χ4v) is 4.43. The Morgan fingerprint density at radius 2 is 1.97 bits per heavy atom. The molecule has 0 fully saturated rings. The van der Waals surface area contributed by atoms with E-state index in [1.165, 1.54) is 16.5 Å². The van der Waals surface area contributed by atoms with Crippen molar-refractivity contribution in [3.8, 4) is 16.5 Å². The first-order chi connectivity index (χ1) is 14.0. The summed E-state index contributed by atoms with van der Waals surface area (Å²) < 4.78 is 2.90. The first-order valence-electron chi connectivity index (χ1n) is 9.12. The van der Waals surface area contributed by atoms with Crippen LogP contribution in [-0.4, -0.2) is 43.6 Å². The summed E-state index contributed by atoms with van der Waals surface area (Å²) in [6.45, 7) is -0.0990. The maximum atomic E-state index is 9.35. The molecule has 1 atom stereocenters. The van der Waals surface area contributed by atoms with Crippen LogP contribution in [-0.2, 0) is 0 Å². The van der Waals surface area contributed by atoms with E-state index in [-0.39, 0.29) is 13.2 Å². The maximum absolute atomic E-state index is 9.35. The predicted molar refractivity (Wildman–Crippen MR) is 124 cm³/mol. The van der Waals surface area contributed by atoms with E-state index in [1.54, 1.807) is 11.3 Å². The molecule has 0 amide bonds. The number of thiophene rings is 1. The third-order valence-electron chi connectivity index (χ3n) is 4.35. The number of allylic oxidation sites excluding steroid dienone is 1. The molecule has 5 nitrogen and oxygen atoms in total. The summed E-state index contributed by atoms with van der Waals surface area (Å²) in [4.78, 5) is 4.71. The van der Waals surface area contributed by atoms with Gasteiger partial charge in [0.2, 0.25) is 0 Å². The number of aliphatic hydroxyl groups excluding tert-OH is 2. The molecule has 0 aliphatic carbocycles. The van der Waals surface area contributed by atoms with Gasteiger partial charge in [0.1, 0.15) is 11.0 Å². The topological polar surface area (TPSA) is 79.5 Å². The number of anilines is 1. The number of nitriles is 1. The molecule has 3 N–H and O–H groups in total. The van der Waals surface area contributed by atoms with Gasteiger partial charge >= 0.3 is 0 Å². The van der Waals surface area contributed by atoms with Crippen molar-refractivity contribution in [1.82, 2.24) is 4.72 Å². The standard InChI is InChI=1S/C22H23N3O2S2/c1-25(2)18-6-5-15-9-17(4-3-16(15)10-18)22-8-7-20(28-22)11-21(12-23)29-24-13-19(27)14-26/h3-11,19,24,26-27H,13-14H2,1-2H3/b21-11+. The van der Waals surface area contributed by atoms with Crippen LogP contribution in [0.2, 0.25) is 0 Å². The first-order valence-corrected chi connectivity index (χ1v) is 10.7. The van der Waals surface area contributed by atoms with Gasteiger partial charge in [0.05, 0.1) is 12.7 Å². The second-order valence-corrected chi connectivity index (χ2v) is 8.80. The van der Waals surface area contributed by atoms with Gasteiger partial charge in [0, 0.05) is 36.1 Å². The summed E-state index contributed by atoms with van der Waals surface area (Å²) in [6, 6.07) is 19.1. The molecular weight excluding hydrogens is 402 g/mol. The Bertz CT molecular complexity index is 1050. The fraction of sp³-hybridized carbons (Fsp3) is 0.227. The smallest absolute Gasteiger partial charge is 0.108 e. The van der Waals surface area contributed by atoms with Crippen molar-refractivity contribution in [2.75, 3.05) is 32.1 Å². The number of rotatable bonds is 8. The predicted octanol–water partition coefficient (Wildman–Crippen LogP) is 4.09. The maximum Gasteiger partial charge on any atom is 0.108 e. The average Bonchev–Trinajstić information content (AvgIpc) is 3.20. The Labute approximate surface area is 179 Å².